The van der Waals surface area contributed by atoms with Crippen molar-refractivity contribution in [1.29, 1.82) is 0 Å². The van der Waals surface area contributed by atoms with Crippen LogP contribution in [-0.2, 0) is 13.2 Å². The topological polar surface area (TPSA) is 55.3 Å². The van der Waals surface area contributed by atoms with E-state index in [1.807, 2.05) is 67.8 Å². The minimum Gasteiger partial charge on any atom is -0.490 e. The summed E-state index contributed by atoms with van der Waals surface area (Å²) in [5.41, 5.74) is 2.08. The zero-order chi connectivity index (χ0) is 19.8. The van der Waals surface area contributed by atoms with Crippen LogP contribution in [0.4, 0.5) is 0 Å². The molecule has 4 nitrogen and oxygen atoms in total. The summed E-state index contributed by atoms with van der Waals surface area (Å²) in [5.74, 6) is 1.53. The Morgan fingerprint density at radius 1 is 1.00 bits per heavy atom. The number of nitrogens with two attached hydrogens (primary N) is 1. The highest BCUT2D eigenvalue weighted by atomic mass is 32.1. The summed E-state index contributed by atoms with van der Waals surface area (Å²) in [6.45, 7) is 5.91. The van der Waals surface area contributed by atoms with Gasteiger partial charge in [-0.3, -0.25) is 0 Å². The van der Waals surface area contributed by atoms with E-state index in [9.17, 15) is 5.11 Å². The summed E-state index contributed by atoms with van der Waals surface area (Å²) in [4.78, 5) is 1.18. The van der Waals surface area contributed by atoms with Gasteiger partial charge in [0.1, 0.15) is 25.3 Å². The molecule has 28 heavy (non-hydrogen) atoms. The van der Waals surface area contributed by atoms with Crippen LogP contribution in [-0.4, -0.2) is 17.8 Å². The molecule has 0 saturated heterocycles. The molecule has 0 unspecified atom stereocenters. The third-order valence-electron chi connectivity index (χ3n) is 4.62. The Morgan fingerprint density at radius 2 is 1.82 bits per heavy atom. The van der Waals surface area contributed by atoms with Crippen LogP contribution >= 0.6 is 11.3 Å². The molecule has 0 bridgehead atoms. The lowest BCUT2D eigenvalue weighted by atomic mass is 10.0. The Bertz CT molecular complexity index is 836. The second-order valence-electron chi connectivity index (χ2n) is 6.74. The molecule has 148 valence electrons. The third kappa shape index (κ3) is 5.58. The number of ether oxygens (including phenoxy) is 2. The second-order valence-corrected chi connectivity index (χ2v) is 7.77. The molecule has 3 aromatic rings. The van der Waals surface area contributed by atoms with Crippen molar-refractivity contribution in [2.24, 2.45) is 0 Å². The van der Waals surface area contributed by atoms with Gasteiger partial charge in [0.15, 0.2) is 11.5 Å². The van der Waals surface area contributed by atoms with E-state index in [2.05, 4.69) is 17.4 Å². The van der Waals surface area contributed by atoms with Crippen molar-refractivity contribution >= 4 is 11.3 Å². The number of rotatable bonds is 10. The van der Waals surface area contributed by atoms with E-state index in [1.54, 1.807) is 11.3 Å². The summed E-state index contributed by atoms with van der Waals surface area (Å²) < 4.78 is 11.7. The maximum atomic E-state index is 10.5. The SMILES string of the molecule is CCOc1cc(C[NH2+][C@H](C)[C@H](O)c2ccccc2)ccc1OCc1cccs1. The van der Waals surface area contributed by atoms with Gasteiger partial charge in [-0.05, 0) is 49.1 Å². The molecule has 0 saturated carbocycles. The van der Waals surface area contributed by atoms with Crippen LogP contribution in [0.5, 0.6) is 11.5 Å². The van der Waals surface area contributed by atoms with Gasteiger partial charge in [0.05, 0.1) is 6.61 Å². The first-order chi connectivity index (χ1) is 13.7. The van der Waals surface area contributed by atoms with Gasteiger partial charge in [0.2, 0.25) is 0 Å². The minimum atomic E-state index is -0.499. The average molecular weight is 399 g/mol. The molecule has 3 N–H and O–H groups in total. The number of hydrogen-bond donors (Lipinski definition) is 2. The van der Waals surface area contributed by atoms with Crippen LogP contribution in [0.1, 0.15) is 36.0 Å². The Labute approximate surface area is 170 Å². The van der Waals surface area contributed by atoms with Crippen molar-refractivity contribution in [3.8, 4) is 11.5 Å². The van der Waals surface area contributed by atoms with E-state index in [-0.39, 0.29) is 6.04 Å². The summed E-state index contributed by atoms with van der Waals surface area (Å²) in [6.07, 6.45) is -0.499. The van der Waals surface area contributed by atoms with Crippen LogP contribution in [0, 0.1) is 0 Å². The largest absolute Gasteiger partial charge is 0.490 e. The zero-order valence-electron chi connectivity index (χ0n) is 16.4. The van der Waals surface area contributed by atoms with Crippen LogP contribution in [0.2, 0.25) is 0 Å². The maximum absolute atomic E-state index is 10.5. The monoisotopic (exact) mass is 398 g/mol. The summed E-state index contributed by atoms with van der Waals surface area (Å²) >= 11 is 1.68. The van der Waals surface area contributed by atoms with Crippen molar-refractivity contribution in [3.63, 3.8) is 0 Å². The van der Waals surface area contributed by atoms with Gasteiger partial charge < -0.3 is 19.9 Å². The molecule has 5 heteroatoms. The van der Waals surface area contributed by atoms with Crippen LogP contribution in [0.25, 0.3) is 0 Å². The quantitative estimate of drug-likeness (QED) is 0.544. The molecular weight excluding hydrogens is 370 g/mol. The van der Waals surface area contributed by atoms with Gasteiger partial charge in [0.25, 0.3) is 0 Å². The van der Waals surface area contributed by atoms with Gasteiger partial charge in [-0.25, -0.2) is 0 Å². The number of quaternary nitrogens is 1. The molecule has 0 radical (unpaired) electrons. The normalized spacial score (nSPS) is 13.1. The highest BCUT2D eigenvalue weighted by molar-refractivity contribution is 7.09. The lowest BCUT2D eigenvalue weighted by Gasteiger charge is -2.18. The van der Waals surface area contributed by atoms with E-state index < -0.39 is 6.10 Å². The highest BCUT2D eigenvalue weighted by Gasteiger charge is 2.19. The highest BCUT2D eigenvalue weighted by Crippen LogP contribution is 2.29. The van der Waals surface area contributed by atoms with Gasteiger partial charge in [-0.1, -0.05) is 36.4 Å². The fourth-order valence-electron chi connectivity index (χ4n) is 3.02. The fraction of sp³-hybridized carbons (Fsp3) is 0.304. The first kappa shape index (κ1) is 20.4. The second kappa shape index (κ2) is 10.3. The molecule has 0 amide bonds. The van der Waals surface area contributed by atoms with Crippen LogP contribution < -0.4 is 14.8 Å². The molecule has 0 aliphatic heterocycles. The molecule has 1 heterocycles. The number of aliphatic hydroxyl groups excluding tert-OH is 1. The predicted molar refractivity (Wildman–Crippen MR) is 113 cm³/mol. The van der Waals surface area contributed by atoms with E-state index in [0.29, 0.717) is 13.2 Å². The molecule has 1 aromatic heterocycles. The number of hydrogen-bond acceptors (Lipinski definition) is 4. The molecule has 0 spiro atoms. The van der Waals surface area contributed by atoms with Crippen molar-refractivity contribution in [2.75, 3.05) is 6.61 Å². The van der Waals surface area contributed by atoms with Crippen molar-refractivity contribution in [3.05, 3.63) is 82.0 Å². The minimum absolute atomic E-state index is 0.0488. The Morgan fingerprint density at radius 3 is 2.54 bits per heavy atom. The zero-order valence-corrected chi connectivity index (χ0v) is 17.2. The first-order valence-electron chi connectivity index (χ1n) is 9.64. The van der Waals surface area contributed by atoms with Gasteiger partial charge in [-0.2, -0.15) is 0 Å². The molecule has 3 rings (SSSR count). The molecule has 2 atom stereocenters. The summed E-state index contributed by atoms with van der Waals surface area (Å²) in [5, 5.41) is 14.7. The number of thiophene rings is 1. The Kier molecular flexibility index (Phi) is 7.48. The van der Waals surface area contributed by atoms with Crippen LogP contribution in [0.15, 0.2) is 66.0 Å². The molecule has 0 fully saturated rings. The van der Waals surface area contributed by atoms with E-state index in [4.69, 9.17) is 9.47 Å². The lowest BCUT2D eigenvalue weighted by molar-refractivity contribution is -0.709. The number of benzene rings is 2. The molecule has 0 aliphatic carbocycles. The third-order valence-corrected chi connectivity index (χ3v) is 5.47. The number of aliphatic hydroxyl groups is 1. The van der Waals surface area contributed by atoms with E-state index >= 15 is 0 Å². The van der Waals surface area contributed by atoms with E-state index in [0.717, 1.165) is 29.2 Å². The standard InChI is InChI=1S/C23H27NO3S/c1-3-26-22-14-18(11-12-21(22)27-16-20-10-7-13-28-20)15-24-17(2)23(25)19-8-5-4-6-9-19/h4-14,17,23-25H,3,15-16H2,1-2H3/p+1/t17-,23+/m1/s1. The van der Waals surface area contributed by atoms with Crippen molar-refractivity contribution in [2.45, 2.75) is 39.1 Å². The fourth-order valence-corrected chi connectivity index (χ4v) is 3.63. The maximum Gasteiger partial charge on any atom is 0.161 e. The Balaban J connectivity index is 1.61. The molecule has 2 aromatic carbocycles. The van der Waals surface area contributed by atoms with E-state index in [1.165, 1.54) is 4.88 Å². The lowest BCUT2D eigenvalue weighted by Crippen LogP contribution is -2.88. The van der Waals surface area contributed by atoms with Crippen molar-refractivity contribution < 1.29 is 19.9 Å². The van der Waals surface area contributed by atoms with Gasteiger partial charge in [0, 0.05) is 10.4 Å². The average Bonchev–Trinajstić information content (AvgIpc) is 3.25. The first-order valence-corrected chi connectivity index (χ1v) is 10.5. The molecule has 0 aliphatic rings. The van der Waals surface area contributed by atoms with Gasteiger partial charge >= 0.3 is 0 Å². The smallest absolute Gasteiger partial charge is 0.161 e. The Hall–Kier alpha value is -2.34. The summed E-state index contributed by atoms with van der Waals surface area (Å²) in [7, 11) is 0. The predicted octanol–water partition coefficient (Wildman–Crippen LogP) is 3.91. The van der Waals surface area contributed by atoms with Crippen LogP contribution in [0.3, 0.4) is 0 Å². The van der Waals surface area contributed by atoms with Gasteiger partial charge in [-0.15, -0.1) is 11.3 Å². The van der Waals surface area contributed by atoms with Crippen molar-refractivity contribution in [1.82, 2.24) is 0 Å². The summed E-state index contributed by atoms with van der Waals surface area (Å²) in [6, 6.07) is 20.0. The molecular formula is C23H28NO3S+.